The minimum Gasteiger partial charge on any atom is -0.312 e. The van der Waals surface area contributed by atoms with E-state index in [0.29, 0.717) is 0 Å². The minimum atomic E-state index is 0.169. The maximum atomic E-state index is 4.28. The monoisotopic (exact) mass is 363 g/mol. The van der Waals surface area contributed by atoms with Gasteiger partial charge in [-0.2, -0.15) is 0 Å². The van der Waals surface area contributed by atoms with Gasteiger partial charge in [0.15, 0.2) is 0 Å². The molecule has 0 radical (unpaired) electrons. The maximum absolute atomic E-state index is 4.28. The van der Waals surface area contributed by atoms with Crippen molar-refractivity contribution in [3.8, 4) is 0 Å². The second-order valence-corrected chi connectivity index (χ2v) is 7.16. The summed E-state index contributed by atoms with van der Waals surface area (Å²) in [6.45, 7) is 9.28. The number of hydrogen-bond acceptors (Lipinski definition) is 3. The zero-order valence-electron chi connectivity index (χ0n) is 16.9. The van der Waals surface area contributed by atoms with Gasteiger partial charge in [-0.25, -0.2) is 0 Å². The topological polar surface area (TPSA) is 37.0 Å². The van der Waals surface area contributed by atoms with Gasteiger partial charge in [0.1, 0.15) is 0 Å². The fourth-order valence-corrected chi connectivity index (χ4v) is 2.96. The first-order valence-electron chi connectivity index (χ1n) is 9.85. The molecule has 2 N–H and O–H groups in total. The molecular weight excluding hydrogens is 330 g/mol. The second kappa shape index (κ2) is 12.2. The van der Waals surface area contributed by atoms with Gasteiger partial charge >= 0.3 is 0 Å². The summed E-state index contributed by atoms with van der Waals surface area (Å²) in [7, 11) is 0. The lowest BCUT2D eigenvalue weighted by Crippen LogP contribution is -2.31. The Hall–Kier alpha value is -2.23. The fraction of sp³-hybridized carbons (Fsp3) is 0.375. The average molecular weight is 364 g/mol. The molecule has 2 aromatic rings. The summed E-state index contributed by atoms with van der Waals surface area (Å²) < 4.78 is 0. The molecule has 144 valence electrons. The highest BCUT2D eigenvalue weighted by atomic mass is 15.0. The van der Waals surface area contributed by atoms with Crippen molar-refractivity contribution in [1.29, 1.82) is 0 Å². The zero-order chi connectivity index (χ0) is 19.3. The molecule has 1 aromatic heterocycles. The molecule has 1 unspecified atom stereocenters. The summed E-state index contributed by atoms with van der Waals surface area (Å²) >= 11 is 0. The number of nitrogens with one attached hydrogen (secondary N) is 2. The molecule has 1 aromatic carbocycles. The van der Waals surface area contributed by atoms with Crippen LogP contribution in [0.3, 0.4) is 0 Å². The van der Waals surface area contributed by atoms with E-state index in [1.54, 1.807) is 0 Å². The van der Waals surface area contributed by atoms with Crippen molar-refractivity contribution in [2.45, 2.75) is 39.7 Å². The maximum Gasteiger partial charge on any atom is 0.0592 e. The molecule has 3 heteroatoms. The van der Waals surface area contributed by atoms with Crippen molar-refractivity contribution in [1.82, 2.24) is 15.6 Å². The van der Waals surface area contributed by atoms with Crippen LogP contribution in [0.2, 0.25) is 0 Å². The SMILES string of the molecule is CC(C)=CCCC(C)=CCNCCNC(c1ccccc1)c1cccnc1. The minimum absolute atomic E-state index is 0.169. The molecule has 0 aliphatic carbocycles. The quantitative estimate of drug-likeness (QED) is 0.434. The Kier molecular flexibility index (Phi) is 9.53. The van der Waals surface area contributed by atoms with Crippen LogP contribution in [-0.2, 0) is 0 Å². The fourth-order valence-electron chi connectivity index (χ4n) is 2.96. The molecule has 0 saturated carbocycles. The van der Waals surface area contributed by atoms with Crippen molar-refractivity contribution < 1.29 is 0 Å². The number of benzene rings is 1. The Morgan fingerprint density at radius 1 is 0.963 bits per heavy atom. The van der Waals surface area contributed by atoms with Crippen LogP contribution in [0.1, 0.15) is 50.8 Å². The molecule has 0 amide bonds. The van der Waals surface area contributed by atoms with Crippen LogP contribution in [0, 0.1) is 0 Å². The van der Waals surface area contributed by atoms with E-state index in [4.69, 9.17) is 0 Å². The van der Waals surface area contributed by atoms with Gasteiger partial charge in [-0.1, -0.05) is 59.7 Å². The third kappa shape index (κ3) is 8.33. The van der Waals surface area contributed by atoms with Gasteiger partial charge in [-0.3, -0.25) is 4.98 Å². The molecule has 1 heterocycles. The highest BCUT2D eigenvalue weighted by molar-refractivity contribution is 5.29. The molecule has 3 nitrogen and oxygen atoms in total. The highest BCUT2D eigenvalue weighted by Gasteiger charge is 2.12. The largest absolute Gasteiger partial charge is 0.312 e. The number of hydrogen-bond donors (Lipinski definition) is 2. The molecule has 0 aliphatic rings. The van der Waals surface area contributed by atoms with Crippen molar-refractivity contribution in [3.63, 3.8) is 0 Å². The number of rotatable bonds is 11. The van der Waals surface area contributed by atoms with Crippen LogP contribution in [0.25, 0.3) is 0 Å². The molecule has 0 bridgehead atoms. The van der Waals surface area contributed by atoms with Gasteiger partial charge < -0.3 is 10.6 Å². The van der Waals surface area contributed by atoms with E-state index >= 15 is 0 Å². The standard InChI is InChI=1S/C24H33N3/c1-20(2)9-7-10-21(3)14-16-25-17-18-27-24(22-11-5-4-6-12-22)23-13-8-15-26-19-23/h4-6,8-9,11-15,19,24-25,27H,7,10,16-18H2,1-3H3. The van der Waals surface area contributed by atoms with Crippen molar-refractivity contribution in [2.24, 2.45) is 0 Å². The van der Waals surface area contributed by atoms with Crippen LogP contribution in [0.4, 0.5) is 0 Å². The third-order valence-electron chi connectivity index (χ3n) is 4.49. The predicted octanol–water partition coefficient (Wildman–Crippen LogP) is 5.04. The van der Waals surface area contributed by atoms with Crippen LogP contribution >= 0.6 is 0 Å². The van der Waals surface area contributed by atoms with Gasteiger partial charge in [0.2, 0.25) is 0 Å². The number of pyridine rings is 1. The molecule has 0 saturated heterocycles. The van der Waals surface area contributed by atoms with E-state index in [9.17, 15) is 0 Å². The molecular formula is C24H33N3. The van der Waals surface area contributed by atoms with E-state index < -0.39 is 0 Å². The smallest absolute Gasteiger partial charge is 0.0592 e. The summed E-state index contributed by atoms with van der Waals surface area (Å²) in [6, 6.07) is 14.8. The van der Waals surface area contributed by atoms with Crippen molar-refractivity contribution in [2.75, 3.05) is 19.6 Å². The van der Waals surface area contributed by atoms with Crippen LogP contribution in [0.5, 0.6) is 0 Å². The lowest BCUT2D eigenvalue weighted by Gasteiger charge is -2.19. The molecule has 0 spiro atoms. The Morgan fingerprint density at radius 2 is 1.74 bits per heavy atom. The number of nitrogens with zero attached hydrogens (tertiary/aromatic N) is 1. The Morgan fingerprint density at radius 3 is 2.44 bits per heavy atom. The normalized spacial score (nSPS) is 12.6. The van der Waals surface area contributed by atoms with E-state index in [0.717, 1.165) is 32.5 Å². The summed E-state index contributed by atoms with van der Waals surface area (Å²) in [5.74, 6) is 0. The van der Waals surface area contributed by atoms with Gasteiger partial charge in [-0.05, 0) is 50.8 Å². The Bertz CT molecular complexity index is 661. The van der Waals surface area contributed by atoms with Crippen molar-refractivity contribution >= 4 is 0 Å². The van der Waals surface area contributed by atoms with E-state index in [1.165, 1.54) is 22.3 Å². The first-order chi connectivity index (χ1) is 13.2. The molecule has 1 atom stereocenters. The number of allylic oxidation sites excluding steroid dienone is 3. The van der Waals surface area contributed by atoms with E-state index in [-0.39, 0.29) is 6.04 Å². The third-order valence-corrected chi connectivity index (χ3v) is 4.49. The van der Waals surface area contributed by atoms with Crippen LogP contribution in [-0.4, -0.2) is 24.6 Å². The molecule has 27 heavy (non-hydrogen) atoms. The van der Waals surface area contributed by atoms with Gasteiger partial charge in [0.05, 0.1) is 6.04 Å². The zero-order valence-corrected chi connectivity index (χ0v) is 16.9. The summed E-state index contributed by atoms with van der Waals surface area (Å²) in [5, 5.41) is 7.16. The summed E-state index contributed by atoms with van der Waals surface area (Å²) in [4.78, 5) is 4.28. The first kappa shape index (κ1) is 21.1. The van der Waals surface area contributed by atoms with E-state index in [1.807, 2.05) is 18.5 Å². The van der Waals surface area contributed by atoms with Crippen LogP contribution < -0.4 is 10.6 Å². The molecule has 0 fully saturated rings. The first-order valence-corrected chi connectivity index (χ1v) is 9.85. The van der Waals surface area contributed by atoms with Gasteiger partial charge in [0, 0.05) is 32.0 Å². The Balaban J connectivity index is 1.77. The second-order valence-electron chi connectivity index (χ2n) is 7.16. The Labute approximate surface area is 164 Å². The van der Waals surface area contributed by atoms with Crippen LogP contribution in [0.15, 0.2) is 78.2 Å². The predicted molar refractivity (Wildman–Crippen MR) is 116 cm³/mol. The molecule has 2 rings (SSSR count). The summed E-state index contributed by atoms with van der Waals surface area (Å²) in [6.07, 6.45) is 10.6. The summed E-state index contributed by atoms with van der Waals surface area (Å²) in [5.41, 5.74) is 5.30. The average Bonchev–Trinajstić information content (AvgIpc) is 2.68. The van der Waals surface area contributed by atoms with E-state index in [2.05, 4.69) is 84.9 Å². The van der Waals surface area contributed by atoms with Crippen molar-refractivity contribution in [3.05, 3.63) is 89.3 Å². The molecule has 0 aliphatic heterocycles. The van der Waals surface area contributed by atoms with Gasteiger partial charge in [0.25, 0.3) is 0 Å². The lowest BCUT2D eigenvalue weighted by molar-refractivity contribution is 0.577. The lowest BCUT2D eigenvalue weighted by atomic mass is 10.0. The number of aromatic nitrogens is 1. The highest BCUT2D eigenvalue weighted by Crippen LogP contribution is 2.20. The van der Waals surface area contributed by atoms with Gasteiger partial charge in [-0.15, -0.1) is 0 Å².